The quantitative estimate of drug-likeness (QED) is 0.753. The van der Waals surface area contributed by atoms with E-state index in [4.69, 9.17) is 14.5 Å². The third-order valence-electron chi connectivity index (χ3n) is 4.98. The van der Waals surface area contributed by atoms with Gasteiger partial charge in [0.05, 0.1) is 25.4 Å². The van der Waals surface area contributed by atoms with Gasteiger partial charge in [-0.1, -0.05) is 31.5 Å². The molecule has 130 valence electrons. The Kier molecular flexibility index (Phi) is 4.35. The standard InChI is InChI=1S/C21H24N2O2/c1-3-4-9-25-21-12-18-16(11-20(21)24-2)14-23-17(13-22-18)10-15-7-5-6-8-19(15)23/h5-8,11-13,17H,3-4,9-10,14H2,1-2H3/t17-/m0/s1. The third kappa shape index (κ3) is 2.97. The van der Waals surface area contributed by atoms with Crippen LogP contribution in [-0.4, -0.2) is 26.0 Å². The van der Waals surface area contributed by atoms with E-state index in [2.05, 4.69) is 48.4 Å². The largest absolute Gasteiger partial charge is 0.493 e. The lowest BCUT2D eigenvalue weighted by Gasteiger charge is -2.24. The molecule has 0 unspecified atom stereocenters. The monoisotopic (exact) mass is 336 g/mol. The van der Waals surface area contributed by atoms with Gasteiger partial charge < -0.3 is 14.4 Å². The van der Waals surface area contributed by atoms with Crippen molar-refractivity contribution >= 4 is 17.6 Å². The molecular weight excluding hydrogens is 312 g/mol. The minimum atomic E-state index is 0.320. The number of anilines is 1. The first kappa shape index (κ1) is 16.0. The Labute approximate surface area is 149 Å². The lowest BCUT2D eigenvalue weighted by atomic mass is 10.1. The fourth-order valence-corrected chi connectivity index (χ4v) is 3.60. The zero-order valence-corrected chi connectivity index (χ0v) is 14.9. The van der Waals surface area contributed by atoms with Crippen molar-refractivity contribution < 1.29 is 9.47 Å². The Morgan fingerprint density at radius 2 is 2.04 bits per heavy atom. The van der Waals surface area contributed by atoms with Gasteiger partial charge in [-0.15, -0.1) is 0 Å². The molecule has 4 rings (SSSR count). The summed E-state index contributed by atoms with van der Waals surface area (Å²) in [5.74, 6) is 1.57. The maximum Gasteiger partial charge on any atom is 0.163 e. The molecule has 2 aliphatic rings. The van der Waals surface area contributed by atoms with Crippen molar-refractivity contribution in [1.29, 1.82) is 0 Å². The van der Waals surface area contributed by atoms with Crippen molar-refractivity contribution in [3.63, 3.8) is 0 Å². The van der Waals surface area contributed by atoms with E-state index in [1.807, 2.05) is 6.07 Å². The molecule has 0 fully saturated rings. The van der Waals surface area contributed by atoms with E-state index in [1.54, 1.807) is 7.11 Å². The smallest absolute Gasteiger partial charge is 0.163 e. The van der Waals surface area contributed by atoms with E-state index in [9.17, 15) is 0 Å². The average Bonchev–Trinajstić information content (AvgIpc) is 2.89. The van der Waals surface area contributed by atoms with Gasteiger partial charge in [0, 0.05) is 30.1 Å². The molecule has 0 bridgehead atoms. The summed E-state index contributed by atoms with van der Waals surface area (Å²) in [5, 5.41) is 0. The number of benzene rings is 2. The Morgan fingerprint density at radius 1 is 1.16 bits per heavy atom. The first-order chi connectivity index (χ1) is 12.3. The van der Waals surface area contributed by atoms with Crippen molar-refractivity contribution in [1.82, 2.24) is 0 Å². The number of unbranched alkanes of at least 4 members (excludes halogenated alkanes) is 1. The SMILES string of the molecule is CCCCOc1cc2c(cc1OC)CN1c3ccccc3C[C@H]1C=N2. The molecule has 4 nitrogen and oxygen atoms in total. The molecule has 4 heteroatoms. The number of methoxy groups -OCH3 is 1. The van der Waals surface area contributed by atoms with Crippen LogP contribution in [0, 0.1) is 0 Å². The normalized spacial score (nSPS) is 17.5. The van der Waals surface area contributed by atoms with Crippen LogP contribution in [0.1, 0.15) is 30.9 Å². The fraction of sp³-hybridized carbons (Fsp3) is 0.381. The molecule has 2 aromatic carbocycles. The summed E-state index contributed by atoms with van der Waals surface area (Å²) in [4.78, 5) is 7.21. The first-order valence-electron chi connectivity index (χ1n) is 9.02. The minimum absolute atomic E-state index is 0.320. The van der Waals surface area contributed by atoms with E-state index < -0.39 is 0 Å². The summed E-state index contributed by atoms with van der Waals surface area (Å²) in [6.07, 6.45) is 5.25. The second-order valence-corrected chi connectivity index (χ2v) is 6.64. The van der Waals surface area contributed by atoms with Crippen LogP contribution in [0.4, 0.5) is 11.4 Å². The van der Waals surface area contributed by atoms with Gasteiger partial charge in [0.2, 0.25) is 0 Å². The van der Waals surface area contributed by atoms with Gasteiger partial charge in [-0.25, -0.2) is 0 Å². The molecular formula is C21H24N2O2. The van der Waals surface area contributed by atoms with E-state index >= 15 is 0 Å². The number of nitrogens with zero attached hydrogens (tertiary/aromatic N) is 2. The number of aliphatic imine (C=N–C) groups is 1. The zero-order chi connectivity index (χ0) is 17.2. The summed E-state index contributed by atoms with van der Waals surface area (Å²) < 4.78 is 11.5. The van der Waals surface area contributed by atoms with Crippen LogP contribution in [0.2, 0.25) is 0 Å². The number of hydrogen-bond donors (Lipinski definition) is 0. The molecule has 2 heterocycles. The van der Waals surface area contributed by atoms with Crippen LogP contribution in [0.15, 0.2) is 41.4 Å². The molecule has 0 spiro atoms. The van der Waals surface area contributed by atoms with Gasteiger partial charge in [0.1, 0.15) is 0 Å². The van der Waals surface area contributed by atoms with Gasteiger partial charge >= 0.3 is 0 Å². The number of ether oxygens (including phenoxy) is 2. The maximum absolute atomic E-state index is 5.91. The number of rotatable bonds is 5. The van der Waals surface area contributed by atoms with Gasteiger partial charge in [0.15, 0.2) is 11.5 Å². The lowest BCUT2D eigenvalue weighted by Crippen LogP contribution is -2.31. The highest BCUT2D eigenvalue weighted by molar-refractivity contribution is 5.81. The van der Waals surface area contributed by atoms with E-state index in [0.29, 0.717) is 12.6 Å². The Balaban J connectivity index is 1.66. The van der Waals surface area contributed by atoms with Crippen molar-refractivity contribution in [2.75, 3.05) is 18.6 Å². The highest BCUT2D eigenvalue weighted by Crippen LogP contribution is 2.40. The molecule has 25 heavy (non-hydrogen) atoms. The molecule has 0 saturated heterocycles. The average molecular weight is 336 g/mol. The highest BCUT2D eigenvalue weighted by atomic mass is 16.5. The summed E-state index contributed by atoms with van der Waals surface area (Å²) in [6.45, 7) is 3.70. The molecule has 2 aliphatic heterocycles. The molecule has 0 radical (unpaired) electrons. The Hall–Kier alpha value is -2.49. The second-order valence-electron chi connectivity index (χ2n) is 6.64. The second kappa shape index (κ2) is 6.79. The molecule has 0 aliphatic carbocycles. The Bertz CT molecular complexity index is 800. The summed E-state index contributed by atoms with van der Waals surface area (Å²) >= 11 is 0. The fourth-order valence-electron chi connectivity index (χ4n) is 3.60. The Morgan fingerprint density at radius 3 is 2.88 bits per heavy atom. The molecule has 0 N–H and O–H groups in total. The summed E-state index contributed by atoms with van der Waals surface area (Å²) in [6, 6.07) is 13.1. The number of fused-ring (bicyclic) bond motifs is 4. The molecule has 1 atom stereocenters. The predicted molar refractivity (Wildman–Crippen MR) is 102 cm³/mol. The van der Waals surface area contributed by atoms with E-state index in [-0.39, 0.29) is 0 Å². The highest BCUT2D eigenvalue weighted by Gasteiger charge is 2.30. The van der Waals surface area contributed by atoms with Crippen LogP contribution in [0.3, 0.4) is 0 Å². The first-order valence-corrected chi connectivity index (χ1v) is 9.02. The van der Waals surface area contributed by atoms with Gasteiger partial charge in [-0.3, -0.25) is 4.99 Å². The molecule has 0 saturated carbocycles. The molecule has 0 amide bonds. The van der Waals surface area contributed by atoms with Gasteiger partial charge in [-0.2, -0.15) is 0 Å². The van der Waals surface area contributed by atoms with Crippen LogP contribution < -0.4 is 14.4 Å². The topological polar surface area (TPSA) is 34.1 Å². The van der Waals surface area contributed by atoms with Crippen LogP contribution in [0.5, 0.6) is 11.5 Å². The summed E-state index contributed by atoms with van der Waals surface area (Å²) in [5.41, 5.74) is 4.87. The number of para-hydroxylation sites is 1. The van der Waals surface area contributed by atoms with Crippen molar-refractivity contribution in [3.05, 3.63) is 47.5 Å². The van der Waals surface area contributed by atoms with Crippen LogP contribution in [-0.2, 0) is 13.0 Å². The molecule has 2 aromatic rings. The zero-order valence-electron chi connectivity index (χ0n) is 14.9. The van der Waals surface area contributed by atoms with Crippen molar-refractivity contribution in [3.8, 4) is 11.5 Å². The van der Waals surface area contributed by atoms with E-state index in [1.165, 1.54) is 16.8 Å². The minimum Gasteiger partial charge on any atom is -0.493 e. The van der Waals surface area contributed by atoms with Crippen molar-refractivity contribution in [2.24, 2.45) is 4.99 Å². The van der Waals surface area contributed by atoms with Crippen molar-refractivity contribution in [2.45, 2.75) is 38.8 Å². The maximum atomic E-state index is 5.91. The van der Waals surface area contributed by atoms with Gasteiger partial charge in [0.25, 0.3) is 0 Å². The lowest BCUT2D eigenvalue weighted by molar-refractivity contribution is 0.288. The third-order valence-corrected chi connectivity index (χ3v) is 4.98. The van der Waals surface area contributed by atoms with Gasteiger partial charge in [-0.05, 0) is 30.5 Å². The summed E-state index contributed by atoms with van der Waals surface area (Å²) in [7, 11) is 1.70. The number of hydrogen-bond acceptors (Lipinski definition) is 4. The predicted octanol–water partition coefficient (Wildman–Crippen LogP) is 4.52. The molecule has 0 aromatic heterocycles. The van der Waals surface area contributed by atoms with Crippen LogP contribution >= 0.6 is 0 Å². The van der Waals surface area contributed by atoms with E-state index in [0.717, 1.165) is 43.0 Å². The van der Waals surface area contributed by atoms with Crippen LogP contribution in [0.25, 0.3) is 0 Å².